The van der Waals surface area contributed by atoms with Crippen molar-refractivity contribution >= 4 is 28.4 Å². The monoisotopic (exact) mass is 252 g/mol. The van der Waals surface area contributed by atoms with Crippen molar-refractivity contribution in [2.45, 2.75) is 0 Å². The van der Waals surface area contributed by atoms with Crippen LogP contribution in [0.25, 0.3) is 10.9 Å². The molecule has 0 fully saturated rings. The summed E-state index contributed by atoms with van der Waals surface area (Å²) in [6.07, 6.45) is 0. The second kappa shape index (κ2) is 4.77. The summed E-state index contributed by atoms with van der Waals surface area (Å²) in [5.41, 5.74) is 1.46. The first-order valence-electron chi connectivity index (χ1n) is 5.27. The molecule has 0 saturated heterocycles. The number of halogens is 1. The average molecular weight is 253 g/mol. The number of nitrogens with zero attached hydrogens (tertiary/aromatic N) is 1. The van der Waals surface area contributed by atoms with Gasteiger partial charge in [0, 0.05) is 29.5 Å². The van der Waals surface area contributed by atoms with Gasteiger partial charge in [-0.2, -0.15) is 0 Å². The van der Waals surface area contributed by atoms with Gasteiger partial charge >= 0.3 is 0 Å². The number of nitrogens with one attached hydrogen (secondary N) is 1. The van der Waals surface area contributed by atoms with Gasteiger partial charge in [-0.25, -0.2) is 0 Å². The minimum atomic E-state index is -0.200. The molecule has 0 spiro atoms. The molecule has 17 heavy (non-hydrogen) atoms. The molecule has 0 unspecified atom stereocenters. The summed E-state index contributed by atoms with van der Waals surface area (Å²) in [6, 6.07) is 7.29. The Kier molecular flexibility index (Phi) is 3.36. The van der Waals surface area contributed by atoms with Crippen LogP contribution < -0.4 is 5.32 Å². The van der Waals surface area contributed by atoms with Crippen molar-refractivity contribution in [2.24, 2.45) is 7.05 Å². The Balaban J connectivity index is 2.42. The van der Waals surface area contributed by atoms with Gasteiger partial charge in [0.05, 0.1) is 6.61 Å². The number of aliphatic hydroxyl groups excluding tert-OH is 1. The van der Waals surface area contributed by atoms with E-state index < -0.39 is 0 Å². The molecule has 0 aliphatic heterocycles. The number of benzene rings is 1. The van der Waals surface area contributed by atoms with Crippen LogP contribution in [0.1, 0.15) is 10.5 Å². The van der Waals surface area contributed by atoms with Crippen LogP contribution in [0.2, 0.25) is 5.02 Å². The summed E-state index contributed by atoms with van der Waals surface area (Å²) in [7, 11) is 1.81. The van der Waals surface area contributed by atoms with E-state index in [0.717, 1.165) is 10.9 Å². The lowest BCUT2D eigenvalue weighted by Crippen LogP contribution is -2.27. The number of carbonyl (C=O) groups excluding carboxylic acids is 1. The van der Waals surface area contributed by atoms with Crippen molar-refractivity contribution in [1.29, 1.82) is 0 Å². The van der Waals surface area contributed by atoms with Crippen LogP contribution in [0, 0.1) is 0 Å². The van der Waals surface area contributed by atoms with Crippen molar-refractivity contribution in [2.75, 3.05) is 13.2 Å². The molecule has 0 aliphatic carbocycles. The summed E-state index contributed by atoms with van der Waals surface area (Å²) in [5.74, 6) is -0.200. The lowest BCUT2D eigenvalue weighted by Gasteiger charge is -2.04. The molecule has 0 aliphatic rings. The summed E-state index contributed by atoms with van der Waals surface area (Å²) in [4.78, 5) is 11.8. The molecule has 2 rings (SSSR count). The van der Waals surface area contributed by atoms with Gasteiger partial charge in [-0.3, -0.25) is 4.79 Å². The molecule has 4 nitrogen and oxygen atoms in total. The van der Waals surface area contributed by atoms with E-state index >= 15 is 0 Å². The number of hydrogen-bond donors (Lipinski definition) is 2. The number of hydrogen-bond acceptors (Lipinski definition) is 2. The first-order valence-corrected chi connectivity index (χ1v) is 5.65. The van der Waals surface area contributed by atoms with Crippen molar-refractivity contribution in [1.82, 2.24) is 9.88 Å². The molecule has 1 aromatic carbocycles. The number of aromatic nitrogens is 1. The van der Waals surface area contributed by atoms with E-state index in [1.165, 1.54) is 0 Å². The SMILES string of the molecule is Cn1c(C(=O)NCCO)cc2ccc(Cl)cc21. The molecule has 5 heteroatoms. The quantitative estimate of drug-likeness (QED) is 0.871. The molecule has 0 atom stereocenters. The Hall–Kier alpha value is -1.52. The predicted molar refractivity (Wildman–Crippen MR) is 67.3 cm³/mol. The number of amides is 1. The highest BCUT2D eigenvalue weighted by atomic mass is 35.5. The first-order chi connectivity index (χ1) is 8.13. The summed E-state index contributed by atoms with van der Waals surface area (Å²) in [5, 5.41) is 12.9. The van der Waals surface area contributed by atoms with Crippen LogP contribution in [0.15, 0.2) is 24.3 Å². The van der Waals surface area contributed by atoms with Crippen LogP contribution in [0.4, 0.5) is 0 Å². The largest absolute Gasteiger partial charge is 0.395 e. The predicted octanol–water partition coefficient (Wildman–Crippen LogP) is 1.55. The van der Waals surface area contributed by atoms with Gasteiger partial charge in [-0.1, -0.05) is 17.7 Å². The molecule has 1 amide bonds. The van der Waals surface area contributed by atoms with Gasteiger partial charge in [0.2, 0.25) is 0 Å². The molecule has 2 N–H and O–H groups in total. The number of rotatable bonds is 3. The number of aliphatic hydroxyl groups is 1. The second-order valence-electron chi connectivity index (χ2n) is 3.77. The molecule has 2 aromatic rings. The van der Waals surface area contributed by atoms with E-state index in [1.54, 1.807) is 16.7 Å². The fraction of sp³-hybridized carbons (Fsp3) is 0.250. The minimum Gasteiger partial charge on any atom is -0.395 e. The second-order valence-corrected chi connectivity index (χ2v) is 4.21. The lowest BCUT2D eigenvalue weighted by molar-refractivity contribution is 0.0937. The summed E-state index contributed by atoms with van der Waals surface area (Å²) in [6.45, 7) is 0.183. The van der Waals surface area contributed by atoms with E-state index in [1.807, 2.05) is 19.2 Å². The van der Waals surface area contributed by atoms with Crippen LogP contribution in [-0.2, 0) is 7.05 Å². The van der Waals surface area contributed by atoms with Gasteiger partial charge in [0.15, 0.2) is 0 Å². The highest BCUT2D eigenvalue weighted by molar-refractivity contribution is 6.31. The van der Waals surface area contributed by atoms with Crippen molar-refractivity contribution < 1.29 is 9.90 Å². The Morgan fingerprint density at radius 3 is 2.94 bits per heavy atom. The fourth-order valence-corrected chi connectivity index (χ4v) is 1.95. The Morgan fingerprint density at radius 1 is 1.47 bits per heavy atom. The molecular formula is C12H13ClN2O2. The third-order valence-corrected chi connectivity index (χ3v) is 2.87. The van der Waals surface area contributed by atoms with Crippen molar-refractivity contribution in [3.63, 3.8) is 0 Å². The van der Waals surface area contributed by atoms with Crippen molar-refractivity contribution in [3.8, 4) is 0 Å². The number of fused-ring (bicyclic) bond motifs is 1. The van der Waals surface area contributed by atoms with Crippen molar-refractivity contribution in [3.05, 3.63) is 35.0 Å². The molecule has 0 bridgehead atoms. The minimum absolute atomic E-state index is 0.0679. The maximum atomic E-state index is 11.8. The van der Waals surface area contributed by atoms with E-state index in [2.05, 4.69) is 5.32 Å². The molecule has 1 aromatic heterocycles. The zero-order valence-corrected chi connectivity index (χ0v) is 10.2. The highest BCUT2D eigenvalue weighted by Gasteiger charge is 2.12. The van der Waals surface area contributed by atoms with Gasteiger partial charge in [0.25, 0.3) is 5.91 Å². The Labute approximate surface area is 104 Å². The normalized spacial score (nSPS) is 10.8. The zero-order chi connectivity index (χ0) is 12.4. The maximum absolute atomic E-state index is 11.8. The zero-order valence-electron chi connectivity index (χ0n) is 9.40. The van der Waals surface area contributed by atoms with Crippen LogP contribution in [0.5, 0.6) is 0 Å². The molecule has 0 radical (unpaired) electrons. The topological polar surface area (TPSA) is 54.3 Å². The first kappa shape index (κ1) is 12.0. The Bertz CT molecular complexity index is 563. The van der Waals surface area contributed by atoms with Crippen LogP contribution >= 0.6 is 11.6 Å². The highest BCUT2D eigenvalue weighted by Crippen LogP contribution is 2.22. The number of aryl methyl sites for hydroxylation is 1. The van der Waals surface area contributed by atoms with E-state index in [0.29, 0.717) is 10.7 Å². The van der Waals surface area contributed by atoms with Crippen LogP contribution in [-0.4, -0.2) is 28.7 Å². The summed E-state index contributed by atoms with van der Waals surface area (Å²) >= 11 is 5.92. The molecular weight excluding hydrogens is 240 g/mol. The third kappa shape index (κ3) is 2.28. The van der Waals surface area contributed by atoms with Gasteiger partial charge in [-0.15, -0.1) is 0 Å². The molecule has 1 heterocycles. The van der Waals surface area contributed by atoms with E-state index in [9.17, 15) is 4.79 Å². The van der Waals surface area contributed by atoms with Crippen LogP contribution in [0.3, 0.4) is 0 Å². The number of carbonyl (C=O) groups is 1. The maximum Gasteiger partial charge on any atom is 0.268 e. The van der Waals surface area contributed by atoms with E-state index in [4.69, 9.17) is 16.7 Å². The molecule has 90 valence electrons. The Morgan fingerprint density at radius 2 is 2.24 bits per heavy atom. The summed E-state index contributed by atoms with van der Waals surface area (Å²) < 4.78 is 1.79. The third-order valence-electron chi connectivity index (χ3n) is 2.64. The smallest absolute Gasteiger partial charge is 0.268 e. The molecule has 0 saturated carbocycles. The van der Waals surface area contributed by atoms with Gasteiger partial charge in [0.1, 0.15) is 5.69 Å². The lowest BCUT2D eigenvalue weighted by atomic mass is 10.2. The van der Waals surface area contributed by atoms with Gasteiger partial charge in [-0.05, 0) is 18.2 Å². The standard InChI is InChI=1S/C12H13ClN2O2/c1-15-10-7-9(13)3-2-8(10)6-11(15)12(17)14-4-5-16/h2-3,6-7,16H,4-5H2,1H3,(H,14,17). The van der Waals surface area contributed by atoms with Gasteiger partial charge < -0.3 is 15.0 Å². The fourth-order valence-electron chi connectivity index (χ4n) is 1.78. The average Bonchev–Trinajstić information content (AvgIpc) is 2.64. The van der Waals surface area contributed by atoms with E-state index in [-0.39, 0.29) is 19.1 Å².